The second-order valence-corrected chi connectivity index (χ2v) is 4.96. The number of halogens is 1. The highest BCUT2D eigenvalue weighted by atomic mass is 35.5. The van der Waals surface area contributed by atoms with Gasteiger partial charge in [0.2, 0.25) is 0 Å². The number of carbonyl (C=O) groups is 1. The van der Waals surface area contributed by atoms with E-state index in [2.05, 4.69) is 15.2 Å². The quantitative estimate of drug-likeness (QED) is 0.347. The van der Waals surface area contributed by atoms with E-state index >= 15 is 0 Å². The molecule has 0 aliphatic rings. The van der Waals surface area contributed by atoms with Crippen molar-refractivity contribution in [2.75, 3.05) is 33.1 Å². The number of hydrogen-bond acceptors (Lipinski definition) is 3. The lowest BCUT2D eigenvalue weighted by atomic mass is 10.2. The van der Waals surface area contributed by atoms with Gasteiger partial charge < -0.3 is 16.0 Å². The van der Waals surface area contributed by atoms with Crippen molar-refractivity contribution in [3.63, 3.8) is 0 Å². The Morgan fingerprint density at radius 2 is 2.00 bits per heavy atom. The van der Waals surface area contributed by atoms with Crippen LogP contribution in [0, 0.1) is 0 Å². The lowest BCUT2D eigenvalue weighted by molar-refractivity contribution is 0.0952. The minimum Gasteiger partial charge on any atom is -0.386 e. The molecule has 1 amide bonds. The van der Waals surface area contributed by atoms with Crippen LogP contribution in [0.5, 0.6) is 0 Å². The Morgan fingerprint density at radius 1 is 1.35 bits per heavy atom. The van der Waals surface area contributed by atoms with Crippen molar-refractivity contribution in [1.82, 2.24) is 10.2 Å². The van der Waals surface area contributed by atoms with Gasteiger partial charge in [0.05, 0.1) is 11.6 Å². The fourth-order valence-corrected chi connectivity index (χ4v) is 1.64. The van der Waals surface area contributed by atoms with Gasteiger partial charge in [-0.2, -0.15) is 0 Å². The zero-order valence-corrected chi connectivity index (χ0v) is 12.7. The van der Waals surface area contributed by atoms with E-state index in [-0.39, 0.29) is 11.8 Å². The summed E-state index contributed by atoms with van der Waals surface area (Å²) in [6, 6.07) is 6.94. The van der Waals surface area contributed by atoms with E-state index in [1.807, 2.05) is 14.1 Å². The van der Waals surface area contributed by atoms with E-state index in [1.54, 1.807) is 24.3 Å². The number of amides is 1. The van der Waals surface area contributed by atoms with E-state index in [0.717, 1.165) is 13.0 Å². The first-order valence-corrected chi connectivity index (χ1v) is 6.98. The highest BCUT2D eigenvalue weighted by Crippen LogP contribution is 2.13. The third-order valence-corrected chi connectivity index (χ3v) is 2.88. The average molecular weight is 297 g/mol. The number of carbonyl (C=O) groups excluding carboxylic acids is 1. The molecule has 0 aliphatic heterocycles. The maximum Gasteiger partial charge on any atom is 0.251 e. The number of aliphatic imine (C=N–C) groups is 1. The van der Waals surface area contributed by atoms with Crippen molar-refractivity contribution in [3.8, 4) is 0 Å². The minimum absolute atomic E-state index is 0.0791. The summed E-state index contributed by atoms with van der Waals surface area (Å²) in [7, 11) is 4.02. The lowest BCUT2D eigenvalue weighted by Gasteiger charge is -2.10. The van der Waals surface area contributed by atoms with Crippen LogP contribution in [0.2, 0.25) is 0 Å². The molecule has 0 heterocycles. The van der Waals surface area contributed by atoms with Crippen molar-refractivity contribution < 1.29 is 4.79 Å². The van der Waals surface area contributed by atoms with E-state index < -0.39 is 0 Å². The summed E-state index contributed by atoms with van der Waals surface area (Å²) in [5.74, 6) is 0.464. The number of nitrogens with two attached hydrogens (primary N) is 1. The Bertz CT molecular complexity index is 457. The Hall–Kier alpha value is -1.59. The second kappa shape index (κ2) is 8.55. The van der Waals surface area contributed by atoms with Crippen molar-refractivity contribution in [1.29, 1.82) is 0 Å². The number of nitrogens with zero attached hydrogens (tertiary/aromatic N) is 2. The van der Waals surface area contributed by atoms with E-state index in [9.17, 15) is 4.79 Å². The molecule has 0 unspecified atom stereocenters. The largest absolute Gasteiger partial charge is 0.386 e. The topological polar surface area (TPSA) is 70.7 Å². The molecule has 0 bridgehead atoms. The molecule has 1 aromatic carbocycles. The monoisotopic (exact) mass is 296 g/mol. The Kier molecular flexibility index (Phi) is 7.04. The van der Waals surface area contributed by atoms with Crippen LogP contribution in [0.25, 0.3) is 0 Å². The summed E-state index contributed by atoms with van der Waals surface area (Å²) in [4.78, 5) is 18.1. The van der Waals surface area contributed by atoms with Gasteiger partial charge in [-0.3, -0.25) is 4.79 Å². The number of nitrogens with one attached hydrogen (secondary N) is 1. The third kappa shape index (κ3) is 6.04. The van der Waals surface area contributed by atoms with E-state index in [4.69, 9.17) is 17.3 Å². The first-order valence-electron chi connectivity index (χ1n) is 6.45. The molecule has 0 saturated carbocycles. The van der Waals surface area contributed by atoms with Crippen molar-refractivity contribution in [2.24, 2.45) is 10.7 Å². The number of benzene rings is 1. The van der Waals surface area contributed by atoms with Gasteiger partial charge in [0.25, 0.3) is 5.91 Å². The molecular formula is C14H21ClN4O. The Labute approximate surface area is 124 Å². The molecule has 20 heavy (non-hydrogen) atoms. The van der Waals surface area contributed by atoms with Crippen LogP contribution in [0.4, 0.5) is 5.69 Å². The predicted octanol–water partition coefficient (Wildman–Crippen LogP) is 1.60. The van der Waals surface area contributed by atoms with Gasteiger partial charge in [0, 0.05) is 12.1 Å². The summed E-state index contributed by atoms with van der Waals surface area (Å²) < 4.78 is 0. The average Bonchev–Trinajstić information content (AvgIpc) is 2.43. The first kappa shape index (κ1) is 16.5. The zero-order chi connectivity index (χ0) is 15.0. The normalized spacial score (nSPS) is 11.7. The van der Waals surface area contributed by atoms with Gasteiger partial charge in [-0.1, -0.05) is 0 Å². The molecule has 0 aromatic heterocycles. The molecule has 0 spiro atoms. The Balaban J connectivity index is 2.49. The molecule has 1 aromatic rings. The van der Waals surface area contributed by atoms with Gasteiger partial charge in [-0.05, 0) is 51.3 Å². The predicted molar refractivity (Wildman–Crippen MR) is 83.9 cm³/mol. The molecule has 1 rings (SSSR count). The molecule has 3 N–H and O–H groups in total. The maximum atomic E-state index is 11.9. The molecule has 0 atom stereocenters. The van der Waals surface area contributed by atoms with Gasteiger partial charge in [-0.25, -0.2) is 4.99 Å². The van der Waals surface area contributed by atoms with Crippen LogP contribution < -0.4 is 11.1 Å². The van der Waals surface area contributed by atoms with Crippen molar-refractivity contribution in [3.05, 3.63) is 29.8 Å². The van der Waals surface area contributed by atoms with Crippen molar-refractivity contribution in [2.45, 2.75) is 6.42 Å². The van der Waals surface area contributed by atoms with Gasteiger partial charge in [0.1, 0.15) is 5.84 Å². The first-order chi connectivity index (χ1) is 9.52. The summed E-state index contributed by atoms with van der Waals surface area (Å²) in [6.45, 7) is 1.61. The summed E-state index contributed by atoms with van der Waals surface area (Å²) in [5.41, 5.74) is 6.84. The highest BCUT2D eigenvalue weighted by Gasteiger charge is 2.04. The summed E-state index contributed by atoms with van der Waals surface area (Å²) in [5, 5.41) is 2.88. The SMILES string of the molecule is CN(C)CCCNC(=O)c1ccc(N=C(N)CCl)cc1. The smallest absolute Gasteiger partial charge is 0.251 e. The number of hydrogen-bond donors (Lipinski definition) is 2. The fraction of sp³-hybridized carbons (Fsp3) is 0.429. The van der Waals surface area contributed by atoms with Gasteiger partial charge >= 0.3 is 0 Å². The molecule has 0 radical (unpaired) electrons. The number of alkyl halides is 1. The number of rotatable bonds is 7. The molecule has 0 fully saturated rings. The van der Waals surface area contributed by atoms with Crippen molar-refractivity contribution >= 4 is 29.0 Å². The van der Waals surface area contributed by atoms with Crippen LogP contribution in [0.1, 0.15) is 16.8 Å². The fourth-order valence-electron chi connectivity index (χ4n) is 1.58. The molecule has 5 nitrogen and oxygen atoms in total. The zero-order valence-electron chi connectivity index (χ0n) is 11.9. The van der Waals surface area contributed by atoms with Crippen LogP contribution >= 0.6 is 11.6 Å². The van der Waals surface area contributed by atoms with Crippen LogP contribution in [0.15, 0.2) is 29.3 Å². The second-order valence-electron chi connectivity index (χ2n) is 4.70. The lowest BCUT2D eigenvalue weighted by Crippen LogP contribution is -2.27. The number of amidine groups is 1. The Morgan fingerprint density at radius 3 is 2.55 bits per heavy atom. The molecule has 0 aliphatic carbocycles. The van der Waals surface area contributed by atoms with Gasteiger partial charge in [-0.15, -0.1) is 11.6 Å². The minimum atomic E-state index is -0.0791. The maximum absolute atomic E-state index is 11.9. The van der Waals surface area contributed by atoms with E-state index in [1.165, 1.54) is 0 Å². The molecule has 110 valence electrons. The third-order valence-electron chi connectivity index (χ3n) is 2.61. The summed E-state index contributed by atoms with van der Waals surface area (Å²) >= 11 is 5.55. The van der Waals surface area contributed by atoms with Crippen LogP contribution in [0.3, 0.4) is 0 Å². The van der Waals surface area contributed by atoms with Crippen LogP contribution in [-0.4, -0.2) is 49.7 Å². The van der Waals surface area contributed by atoms with Crippen LogP contribution in [-0.2, 0) is 0 Å². The van der Waals surface area contributed by atoms with Gasteiger partial charge in [0.15, 0.2) is 0 Å². The molecule has 6 heteroatoms. The molecular weight excluding hydrogens is 276 g/mol. The standard InChI is InChI=1S/C14H21ClN4O/c1-19(2)9-3-8-17-14(20)11-4-6-12(7-5-11)18-13(16)10-15/h4-7H,3,8-10H2,1-2H3,(H2,16,18)(H,17,20). The highest BCUT2D eigenvalue weighted by molar-refractivity contribution is 6.28. The summed E-state index contributed by atoms with van der Waals surface area (Å²) in [6.07, 6.45) is 0.924. The van der Waals surface area contributed by atoms with E-state index in [0.29, 0.717) is 23.6 Å². The molecule has 0 saturated heterocycles.